The molecule has 1 aliphatic heterocycles. The highest BCUT2D eigenvalue weighted by Crippen LogP contribution is 2.39. The van der Waals surface area contributed by atoms with E-state index in [0.29, 0.717) is 40.8 Å². The lowest BCUT2D eigenvalue weighted by atomic mass is 10.0. The van der Waals surface area contributed by atoms with Crippen molar-refractivity contribution in [3.05, 3.63) is 94.9 Å². The van der Waals surface area contributed by atoms with Gasteiger partial charge in [-0.05, 0) is 65.9 Å². The summed E-state index contributed by atoms with van der Waals surface area (Å²) in [7, 11) is 0. The molecule has 7 nitrogen and oxygen atoms in total. The number of anilines is 1. The number of aromatic nitrogens is 1. The molecule has 3 aromatic carbocycles. The van der Waals surface area contributed by atoms with Gasteiger partial charge in [-0.25, -0.2) is 14.2 Å². The molecule has 1 aliphatic carbocycles. The highest BCUT2D eigenvalue weighted by molar-refractivity contribution is 6.08. The monoisotopic (exact) mass is 496 g/mol. The van der Waals surface area contributed by atoms with E-state index in [0.717, 1.165) is 22.4 Å². The summed E-state index contributed by atoms with van der Waals surface area (Å²) in [6.07, 6.45) is 3.34. The highest BCUT2D eigenvalue weighted by atomic mass is 19.1. The number of fused-ring (bicyclic) bond motifs is 3. The van der Waals surface area contributed by atoms with Crippen molar-refractivity contribution in [2.75, 3.05) is 18.7 Å². The fourth-order valence-corrected chi connectivity index (χ4v) is 4.67. The summed E-state index contributed by atoms with van der Waals surface area (Å²) in [5.74, 6) is -0.416. The van der Waals surface area contributed by atoms with Crippen molar-refractivity contribution in [1.82, 2.24) is 4.98 Å². The molecule has 2 heterocycles. The Balaban J connectivity index is 1.29. The Morgan fingerprint density at radius 2 is 1.81 bits per heavy atom. The van der Waals surface area contributed by atoms with Gasteiger partial charge in [-0.15, -0.1) is 0 Å². The van der Waals surface area contributed by atoms with E-state index < -0.39 is 24.3 Å². The molecule has 0 saturated heterocycles. The maximum Gasteiger partial charge on any atom is 0.339 e. The summed E-state index contributed by atoms with van der Waals surface area (Å²) in [5.41, 5.74) is 4.53. The summed E-state index contributed by atoms with van der Waals surface area (Å²) < 4.78 is 30.1. The zero-order chi connectivity index (χ0) is 25.4. The lowest BCUT2D eigenvalue weighted by Gasteiger charge is -2.12. The number of pyridine rings is 1. The molecule has 0 radical (unpaired) electrons. The van der Waals surface area contributed by atoms with E-state index in [9.17, 15) is 14.0 Å². The van der Waals surface area contributed by atoms with Crippen LogP contribution in [0.4, 0.5) is 10.1 Å². The Labute approximate surface area is 211 Å². The SMILES string of the molecule is O=C(COC(=O)c1c2c(nc3ccccc13)/C(=C/c1ccc3c(c1)OCO3)CC2)Nc1ccccc1F. The molecule has 2 aliphatic rings. The fourth-order valence-electron chi connectivity index (χ4n) is 4.67. The normalized spacial score (nSPS) is 14.6. The average Bonchev–Trinajstić information content (AvgIpc) is 3.54. The van der Waals surface area contributed by atoms with Crippen LogP contribution in [-0.2, 0) is 16.0 Å². The van der Waals surface area contributed by atoms with Crippen LogP contribution in [0.5, 0.6) is 11.5 Å². The molecule has 8 heteroatoms. The van der Waals surface area contributed by atoms with Crippen molar-refractivity contribution in [3.8, 4) is 11.5 Å². The molecular weight excluding hydrogens is 475 g/mol. The largest absolute Gasteiger partial charge is 0.454 e. The quantitative estimate of drug-likeness (QED) is 0.373. The van der Waals surface area contributed by atoms with Crippen molar-refractivity contribution in [2.24, 2.45) is 0 Å². The summed E-state index contributed by atoms with van der Waals surface area (Å²) in [5, 5.41) is 3.08. The van der Waals surface area contributed by atoms with E-state index in [1.54, 1.807) is 6.07 Å². The predicted molar refractivity (Wildman–Crippen MR) is 136 cm³/mol. The lowest BCUT2D eigenvalue weighted by Crippen LogP contribution is -2.22. The molecule has 0 unspecified atom stereocenters. The smallest absolute Gasteiger partial charge is 0.339 e. The number of esters is 1. The van der Waals surface area contributed by atoms with Crippen LogP contribution < -0.4 is 14.8 Å². The first-order valence-electron chi connectivity index (χ1n) is 11.8. The summed E-state index contributed by atoms with van der Waals surface area (Å²) in [4.78, 5) is 30.5. The van der Waals surface area contributed by atoms with Crippen LogP contribution in [-0.4, -0.2) is 30.3 Å². The maximum atomic E-state index is 13.8. The number of carbonyl (C=O) groups is 2. The minimum Gasteiger partial charge on any atom is -0.454 e. The third kappa shape index (κ3) is 4.38. The van der Waals surface area contributed by atoms with Crippen LogP contribution in [0.25, 0.3) is 22.6 Å². The molecule has 4 aromatic rings. The number of carbonyl (C=O) groups excluding carboxylic acids is 2. The number of amides is 1. The van der Waals surface area contributed by atoms with Crippen LogP contribution in [0.3, 0.4) is 0 Å². The van der Waals surface area contributed by atoms with Crippen molar-refractivity contribution < 1.29 is 28.2 Å². The standard InChI is InChI=1S/C29H21FN2O5/c30-21-6-2-4-8-23(21)31-26(33)15-35-29(34)27-19-5-1-3-7-22(19)32-28-18(10-11-20(27)28)13-17-9-12-24-25(14-17)37-16-36-24/h1-9,12-14H,10-11,15-16H2,(H,31,33)/b18-13+. The number of hydrogen-bond donors (Lipinski definition) is 1. The second-order valence-corrected chi connectivity index (χ2v) is 8.72. The number of ether oxygens (including phenoxy) is 3. The molecule has 6 rings (SSSR count). The van der Waals surface area contributed by atoms with Crippen LogP contribution in [0, 0.1) is 5.82 Å². The molecule has 0 atom stereocenters. The maximum absolute atomic E-state index is 13.8. The van der Waals surface area contributed by atoms with Gasteiger partial charge in [0.15, 0.2) is 18.1 Å². The zero-order valence-corrected chi connectivity index (χ0v) is 19.6. The minimum absolute atomic E-state index is 0.0251. The van der Waals surface area contributed by atoms with Crippen LogP contribution >= 0.6 is 0 Å². The van der Waals surface area contributed by atoms with Crippen LogP contribution in [0.2, 0.25) is 0 Å². The Morgan fingerprint density at radius 3 is 2.70 bits per heavy atom. The van der Waals surface area contributed by atoms with E-state index in [2.05, 4.69) is 5.32 Å². The fraction of sp³-hybridized carbons (Fsp3) is 0.138. The first-order chi connectivity index (χ1) is 18.1. The molecule has 0 saturated carbocycles. The number of para-hydroxylation sites is 2. The number of halogens is 1. The van der Waals surface area contributed by atoms with Gasteiger partial charge >= 0.3 is 5.97 Å². The second kappa shape index (κ2) is 9.39. The lowest BCUT2D eigenvalue weighted by molar-refractivity contribution is -0.119. The van der Waals surface area contributed by atoms with Gasteiger partial charge in [-0.3, -0.25) is 4.79 Å². The van der Waals surface area contributed by atoms with E-state index >= 15 is 0 Å². The van der Waals surface area contributed by atoms with Crippen LogP contribution in [0.15, 0.2) is 66.7 Å². The van der Waals surface area contributed by atoms with Gasteiger partial charge in [0.25, 0.3) is 5.91 Å². The van der Waals surface area contributed by atoms with Gasteiger partial charge in [0, 0.05) is 5.39 Å². The third-order valence-corrected chi connectivity index (χ3v) is 6.37. The Hall–Kier alpha value is -4.72. The molecule has 37 heavy (non-hydrogen) atoms. The number of hydrogen-bond acceptors (Lipinski definition) is 6. The Kier molecular flexibility index (Phi) is 5.76. The van der Waals surface area contributed by atoms with Gasteiger partial charge in [-0.2, -0.15) is 0 Å². The first kappa shape index (κ1) is 22.7. The Morgan fingerprint density at radius 1 is 1.00 bits per heavy atom. The molecule has 0 bridgehead atoms. The van der Waals surface area contributed by atoms with Crippen LogP contribution in [0.1, 0.15) is 33.6 Å². The van der Waals surface area contributed by atoms with Crippen molar-refractivity contribution >= 4 is 40.1 Å². The highest BCUT2D eigenvalue weighted by Gasteiger charge is 2.28. The second-order valence-electron chi connectivity index (χ2n) is 8.72. The van der Waals surface area contributed by atoms with Gasteiger partial charge in [-0.1, -0.05) is 36.4 Å². The molecule has 1 N–H and O–H groups in total. The van der Waals surface area contributed by atoms with Crippen molar-refractivity contribution in [2.45, 2.75) is 12.8 Å². The predicted octanol–water partition coefficient (Wildman–Crippen LogP) is 5.38. The summed E-state index contributed by atoms with van der Waals surface area (Å²) >= 11 is 0. The topological polar surface area (TPSA) is 86.8 Å². The number of allylic oxidation sites excluding steroid dienone is 1. The molecule has 184 valence electrons. The first-order valence-corrected chi connectivity index (χ1v) is 11.8. The van der Waals surface area contributed by atoms with E-state index in [1.807, 2.05) is 48.5 Å². The van der Waals surface area contributed by atoms with Gasteiger partial charge in [0.2, 0.25) is 6.79 Å². The van der Waals surface area contributed by atoms with E-state index in [4.69, 9.17) is 19.2 Å². The van der Waals surface area contributed by atoms with Gasteiger partial charge in [0.05, 0.1) is 22.5 Å². The number of nitrogens with one attached hydrogen (secondary N) is 1. The summed E-state index contributed by atoms with van der Waals surface area (Å²) in [6, 6.07) is 18.9. The minimum atomic E-state index is -0.628. The molecule has 0 spiro atoms. The zero-order valence-electron chi connectivity index (χ0n) is 19.6. The number of nitrogens with zero attached hydrogens (tertiary/aromatic N) is 1. The van der Waals surface area contributed by atoms with Gasteiger partial charge < -0.3 is 19.5 Å². The number of rotatable bonds is 5. The van der Waals surface area contributed by atoms with E-state index in [-0.39, 0.29) is 12.5 Å². The average molecular weight is 496 g/mol. The Bertz CT molecular complexity index is 1600. The third-order valence-electron chi connectivity index (χ3n) is 6.37. The molecule has 1 aromatic heterocycles. The molecule has 0 fully saturated rings. The van der Waals surface area contributed by atoms with Crippen molar-refractivity contribution in [3.63, 3.8) is 0 Å². The molecular formula is C29H21FN2O5. The van der Waals surface area contributed by atoms with E-state index in [1.165, 1.54) is 18.2 Å². The van der Waals surface area contributed by atoms with Crippen molar-refractivity contribution in [1.29, 1.82) is 0 Å². The molecule has 1 amide bonds. The number of benzene rings is 3. The summed E-state index contributed by atoms with van der Waals surface area (Å²) in [6.45, 7) is -0.339. The van der Waals surface area contributed by atoms with Gasteiger partial charge in [0.1, 0.15) is 5.82 Å².